The van der Waals surface area contributed by atoms with Gasteiger partial charge in [0, 0.05) is 36.8 Å². The molecule has 1 aromatic carbocycles. The van der Waals surface area contributed by atoms with E-state index >= 15 is 0 Å². The zero-order valence-corrected chi connectivity index (χ0v) is 12.1. The van der Waals surface area contributed by atoms with E-state index in [1.54, 1.807) is 0 Å². The van der Waals surface area contributed by atoms with Gasteiger partial charge in [-0.3, -0.25) is 9.69 Å². The van der Waals surface area contributed by atoms with Crippen molar-refractivity contribution in [2.45, 2.75) is 31.8 Å². The molecule has 0 aliphatic carbocycles. The first-order valence-corrected chi connectivity index (χ1v) is 7.17. The van der Waals surface area contributed by atoms with E-state index in [0.29, 0.717) is 5.56 Å². The lowest BCUT2D eigenvalue weighted by atomic mass is 10.0. The van der Waals surface area contributed by atoms with Gasteiger partial charge in [-0.1, -0.05) is 6.07 Å². The molecule has 6 heteroatoms. The molecule has 1 unspecified atom stereocenters. The molecule has 1 aliphatic heterocycles. The summed E-state index contributed by atoms with van der Waals surface area (Å²) in [4.78, 5) is 12.9. The van der Waals surface area contributed by atoms with Gasteiger partial charge in [-0.25, -0.2) is 8.78 Å². The Bertz CT molecular complexity index is 502. The van der Waals surface area contributed by atoms with Crippen molar-refractivity contribution < 1.29 is 13.6 Å². The van der Waals surface area contributed by atoms with E-state index in [2.05, 4.69) is 5.32 Å². The van der Waals surface area contributed by atoms with Crippen LogP contribution in [-0.2, 0) is 4.79 Å². The number of hydrogen-bond acceptors (Lipinski definition) is 3. The molecule has 1 fully saturated rings. The van der Waals surface area contributed by atoms with Crippen LogP contribution in [-0.4, -0.2) is 36.5 Å². The van der Waals surface area contributed by atoms with E-state index in [4.69, 9.17) is 5.73 Å². The van der Waals surface area contributed by atoms with Crippen LogP contribution in [0.25, 0.3) is 0 Å². The highest BCUT2D eigenvalue weighted by atomic mass is 19.1. The van der Waals surface area contributed by atoms with Gasteiger partial charge in [0.25, 0.3) is 0 Å². The number of carbonyl (C=O) groups is 1. The molecule has 0 radical (unpaired) electrons. The number of rotatable bonds is 5. The van der Waals surface area contributed by atoms with Crippen molar-refractivity contribution in [2.75, 3.05) is 19.6 Å². The molecule has 0 saturated carbocycles. The van der Waals surface area contributed by atoms with E-state index in [1.807, 2.05) is 11.8 Å². The highest BCUT2D eigenvalue weighted by Crippen LogP contribution is 2.20. The van der Waals surface area contributed by atoms with Gasteiger partial charge in [0.2, 0.25) is 5.91 Å². The smallest absolute Gasteiger partial charge is 0.231 e. The van der Waals surface area contributed by atoms with Gasteiger partial charge in [0.1, 0.15) is 11.6 Å². The summed E-state index contributed by atoms with van der Waals surface area (Å²) in [7, 11) is 0. The number of primary amides is 1. The standard InChI is InChI=1S/C15H21F2N3O/c1-10(13-3-2-11(16)8-14(13)17)19-12-4-6-20(7-5-12)9-15(18)21/h2-3,8,10,12,19H,4-7,9H2,1H3,(H2,18,21). The quantitative estimate of drug-likeness (QED) is 0.867. The first-order valence-electron chi connectivity index (χ1n) is 7.17. The van der Waals surface area contributed by atoms with Crippen LogP contribution >= 0.6 is 0 Å². The minimum atomic E-state index is -0.566. The predicted molar refractivity (Wildman–Crippen MR) is 76.6 cm³/mol. The van der Waals surface area contributed by atoms with Crippen molar-refractivity contribution in [3.05, 3.63) is 35.4 Å². The number of amides is 1. The average Bonchev–Trinajstić information content (AvgIpc) is 2.40. The van der Waals surface area contributed by atoms with E-state index in [1.165, 1.54) is 12.1 Å². The highest BCUT2D eigenvalue weighted by Gasteiger charge is 2.22. The molecule has 0 spiro atoms. The summed E-state index contributed by atoms with van der Waals surface area (Å²) < 4.78 is 26.6. The van der Waals surface area contributed by atoms with Crippen LogP contribution in [0.5, 0.6) is 0 Å². The summed E-state index contributed by atoms with van der Waals surface area (Å²) in [5, 5.41) is 3.36. The number of benzene rings is 1. The molecule has 116 valence electrons. The van der Waals surface area contributed by atoms with Crippen LogP contribution in [0.2, 0.25) is 0 Å². The predicted octanol–water partition coefficient (Wildman–Crippen LogP) is 1.57. The minimum absolute atomic E-state index is 0.182. The SMILES string of the molecule is CC(NC1CCN(CC(N)=O)CC1)c1ccc(F)cc1F. The summed E-state index contributed by atoms with van der Waals surface area (Å²) in [5.74, 6) is -1.41. The molecule has 1 aromatic rings. The number of nitrogens with one attached hydrogen (secondary N) is 1. The van der Waals surface area contributed by atoms with Crippen LogP contribution in [0.15, 0.2) is 18.2 Å². The second-order valence-electron chi connectivity index (χ2n) is 5.57. The van der Waals surface area contributed by atoms with Crippen LogP contribution < -0.4 is 11.1 Å². The fourth-order valence-electron chi connectivity index (χ4n) is 2.77. The maximum atomic E-state index is 13.7. The van der Waals surface area contributed by atoms with Crippen LogP contribution in [0.1, 0.15) is 31.4 Å². The maximum absolute atomic E-state index is 13.7. The number of hydrogen-bond donors (Lipinski definition) is 2. The molecule has 1 heterocycles. The molecule has 3 N–H and O–H groups in total. The van der Waals surface area contributed by atoms with Crippen molar-refractivity contribution >= 4 is 5.91 Å². The minimum Gasteiger partial charge on any atom is -0.369 e. The summed E-state index contributed by atoms with van der Waals surface area (Å²) in [6.45, 7) is 3.74. The second kappa shape index (κ2) is 6.95. The van der Waals surface area contributed by atoms with Crippen molar-refractivity contribution in [3.63, 3.8) is 0 Å². The van der Waals surface area contributed by atoms with E-state index < -0.39 is 11.6 Å². The zero-order chi connectivity index (χ0) is 15.4. The second-order valence-corrected chi connectivity index (χ2v) is 5.57. The van der Waals surface area contributed by atoms with Gasteiger partial charge in [-0.05, 0) is 25.8 Å². The summed E-state index contributed by atoms with van der Waals surface area (Å²) >= 11 is 0. The lowest BCUT2D eigenvalue weighted by Gasteiger charge is -2.33. The Labute approximate surface area is 123 Å². The molecule has 0 aromatic heterocycles. The van der Waals surface area contributed by atoms with Gasteiger partial charge in [0.05, 0.1) is 6.54 Å². The number of likely N-dealkylation sites (tertiary alicyclic amines) is 1. The molecular weight excluding hydrogens is 276 g/mol. The Morgan fingerprint density at radius 2 is 2.10 bits per heavy atom. The Hall–Kier alpha value is -1.53. The number of piperidine rings is 1. The van der Waals surface area contributed by atoms with Crippen LogP contribution in [0.3, 0.4) is 0 Å². The summed E-state index contributed by atoms with van der Waals surface area (Å²) in [6, 6.07) is 3.73. The topological polar surface area (TPSA) is 58.4 Å². The number of nitrogens with two attached hydrogens (primary N) is 1. The lowest BCUT2D eigenvalue weighted by Crippen LogP contribution is -2.45. The van der Waals surface area contributed by atoms with Crippen molar-refractivity contribution in [3.8, 4) is 0 Å². The van der Waals surface area contributed by atoms with E-state index in [9.17, 15) is 13.6 Å². The fourth-order valence-corrected chi connectivity index (χ4v) is 2.77. The molecule has 0 bridgehead atoms. The van der Waals surface area contributed by atoms with Gasteiger partial charge in [-0.15, -0.1) is 0 Å². The molecule has 1 aliphatic rings. The Balaban J connectivity index is 1.86. The molecule has 21 heavy (non-hydrogen) atoms. The monoisotopic (exact) mass is 297 g/mol. The molecule has 1 saturated heterocycles. The third kappa shape index (κ3) is 4.47. The van der Waals surface area contributed by atoms with Gasteiger partial charge < -0.3 is 11.1 Å². The van der Waals surface area contributed by atoms with E-state index in [0.717, 1.165) is 32.0 Å². The van der Waals surface area contributed by atoms with Crippen molar-refractivity contribution in [2.24, 2.45) is 5.73 Å². The molecular formula is C15H21F2N3O. The number of carbonyl (C=O) groups excluding carboxylic acids is 1. The Kier molecular flexibility index (Phi) is 5.25. The van der Waals surface area contributed by atoms with Gasteiger partial charge in [0.15, 0.2) is 0 Å². The molecule has 1 atom stereocenters. The van der Waals surface area contributed by atoms with Crippen molar-refractivity contribution in [1.29, 1.82) is 0 Å². The fraction of sp³-hybridized carbons (Fsp3) is 0.533. The Morgan fingerprint density at radius 1 is 1.43 bits per heavy atom. The lowest BCUT2D eigenvalue weighted by molar-refractivity contribution is -0.119. The largest absolute Gasteiger partial charge is 0.369 e. The van der Waals surface area contributed by atoms with Crippen LogP contribution in [0, 0.1) is 11.6 Å². The first-order chi connectivity index (χ1) is 9.95. The maximum Gasteiger partial charge on any atom is 0.231 e. The van der Waals surface area contributed by atoms with Crippen LogP contribution in [0.4, 0.5) is 8.78 Å². The zero-order valence-electron chi connectivity index (χ0n) is 12.1. The molecule has 4 nitrogen and oxygen atoms in total. The number of nitrogens with zero attached hydrogens (tertiary/aromatic N) is 1. The number of halogens is 2. The average molecular weight is 297 g/mol. The first kappa shape index (κ1) is 15.9. The summed E-state index contributed by atoms with van der Waals surface area (Å²) in [5.41, 5.74) is 5.64. The van der Waals surface area contributed by atoms with Crippen molar-refractivity contribution in [1.82, 2.24) is 10.2 Å². The molecule has 1 amide bonds. The van der Waals surface area contributed by atoms with E-state index in [-0.39, 0.29) is 24.5 Å². The van der Waals surface area contributed by atoms with Gasteiger partial charge >= 0.3 is 0 Å². The third-order valence-corrected chi connectivity index (χ3v) is 3.88. The van der Waals surface area contributed by atoms with Gasteiger partial charge in [-0.2, -0.15) is 0 Å². The third-order valence-electron chi connectivity index (χ3n) is 3.88. The summed E-state index contributed by atoms with van der Waals surface area (Å²) in [6.07, 6.45) is 1.75. The molecule has 2 rings (SSSR count). The normalized spacial score (nSPS) is 18.6. The Morgan fingerprint density at radius 3 is 2.67 bits per heavy atom. The highest BCUT2D eigenvalue weighted by molar-refractivity contribution is 5.75.